The first-order chi connectivity index (χ1) is 9.81. The summed E-state index contributed by atoms with van der Waals surface area (Å²) in [6.07, 6.45) is 0.724. The molecule has 0 aliphatic carbocycles. The molecule has 5 nitrogen and oxygen atoms in total. The lowest BCUT2D eigenvalue weighted by Crippen LogP contribution is -2.49. The Hall–Kier alpha value is -1.43. The summed E-state index contributed by atoms with van der Waals surface area (Å²) < 4.78 is 5.36. The van der Waals surface area contributed by atoms with Crippen LogP contribution in [0.4, 0.5) is 0 Å². The number of benzene rings is 1. The molecule has 6 heteroatoms. The predicted molar refractivity (Wildman–Crippen MR) is 83.5 cm³/mol. The molecule has 114 valence electrons. The van der Waals surface area contributed by atoms with Crippen LogP contribution in [0.15, 0.2) is 34.9 Å². The van der Waals surface area contributed by atoms with E-state index < -0.39 is 0 Å². The molecular weight excluding hydrogens is 288 g/mol. The number of piperazine rings is 1. The highest BCUT2D eigenvalue weighted by Crippen LogP contribution is 2.10. The minimum Gasteiger partial charge on any atom is -0.338 e. The van der Waals surface area contributed by atoms with Crippen LogP contribution in [-0.4, -0.2) is 40.7 Å². The van der Waals surface area contributed by atoms with E-state index in [-0.39, 0.29) is 12.4 Å². The summed E-state index contributed by atoms with van der Waals surface area (Å²) in [5.41, 5.74) is 1.20. The van der Waals surface area contributed by atoms with Gasteiger partial charge in [-0.15, -0.1) is 12.4 Å². The molecule has 0 bridgehead atoms. The fourth-order valence-corrected chi connectivity index (χ4v) is 2.50. The smallest absolute Gasteiger partial charge is 0.240 e. The van der Waals surface area contributed by atoms with E-state index >= 15 is 0 Å². The molecule has 1 N–H and O–H groups in total. The van der Waals surface area contributed by atoms with Gasteiger partial charge < -0.3 is 9.84 Å². The molecule has 1 atom stereocenters. The highest BCUT2D eigenvalue weighted by molar-refractivity contribution is 5.85. The lowest BCUT2D eigenvalue weighted by Gasteiger charge is -2.32. The van der Waals surface area contributed by atoms with Crippen LogP contribution in [0.3, 0.4) is 0 Å². The number of nitrogens with one attached hydrogen (secondary N) is 1. The largest absolute Gasteiger partial charge is 0.338 e. The highest BCUT2D eigenvalue weighted by Gasteiger charge is 2.20. The van der Waals surface area contributed by atoms with Crippen LogP contribution < -0.4 is 5.32 Å². The molecule has 1 aromatic carbocycles. The molecule has 21 heavy (non-hydrogen) atoms. The second kappa shape index (κ2) is 7.54. The SMILES string of the molecule is CC1CNCCN1Cc1nc(Cc2ccccc2)no1.Cl. The summed E-state index contributed by atoms with van der Waals surface area (Å²) in [6, 6.07) is 10.7. The average Bonchev–Trinajstić information content (AvgIpc) is 2.90. The van der Waals surface area contributed by atoms with Crippen LogP contribution in [-0.2, 0) is 13.0 Å². The van der Waals surface area contributed by atoms with E-state index in [1.165, 1.54) is 5.56 Å². The van der Waals surface area contributed by atoms with Gasteiger partial charge in [-0.25, -0.2) is 0 Å². The highest BCUT2D eigenvalue weighted by atomic mass is 35.5. The molecule has 0 spiro atoms. The normalized spacial score (nSPS) is 19.2. The van der Waals surface area contributed by atoms with Gasteiger partial charge in [-0.1, -0.05) is 35.5 Å². The van der Waals surface area contributed by atoms with Crippen LogP contribution in [0.1, 0.15) is 24.2 Å². The quantitative estimate of drug-likeness (QED) is 0.934. The second-order valence-electron chi connectivity index (χ2n) is 5.29. The van der Waals surface area contributed by atoms with E-state index in [0.717, 1.165) is 38.4 Å². The number of hydrogen-bond acceptors (Lipinski definition) is 5. The van der Waals surface area contributed by atoms with Gasteiger partial charge in [0.15, 0.2) is 5.82 Å². The topological polar surface area (TPSA) is 54.2 Å². The monoisotopic (exact) mass is 308 g/mol. The van der Waals surface area contributed by atoms with Crippen LogP contribution >= 0.6 is 12.4 Å². The summed E-state index contributed by atoms with van der Waals surface area (Å²) in [7, 11) is 0. The van der Waals surface area contributed by atoms with Gasteiger partial charge >= 0.3 is 0 Å². The van der Waals surface area contributed by atoms with E-state index in [9.17, 15) is 0 Å². The molecular formula is C15H21ClN4O. The van der Waals surface area contributed by atoms with Crippen molar-refractivity contribution in [1.82, 2.24) is 20.4 Å². The number of hydrogen-bond donors (Lipinski definition) is 1. The summed E-state index contributed by atoms with van der Waals surface area (Å²) in [5.74, 6) is 1.47. The van der Waals surface area contributed by atoms with Crippen LogP contribution in [0.5, 0.6) is 0 Å². The van der Waals surface area contributed by atoms with Crippen molar-refractivity contribution >= 4 is 12.4 Å². The van der Waals surface area contributed by atoms with Gasteiger partial charge in [-0.05, 0) is 12.5 Å². The zero-order valence-electron chi connectivity index (χ0n) is 12.2. The first kappa shape index (κ1) is 15.9. The van der Waals surface area contributed by atoms with Crippen molar-refractivity contribution in [3.05, 3.63) is 47.6 Å². The molecule has 0 amide bonds. The first-order valence-corrected chi connectivity index (χ1v) is 7.11. The lowest BCUT2D eigenvalue weighted by molar-refractivity contribution is 0.146. The molecule has 1 aromatic heterocycles. The van der Waals surface area contributed by atoms with Gasteiger partial charge in [0.2, 0.25) is 5.89 Å². The Kier molecular flexibility index (Phi) is 5.73. The fourth-order valence-electron chi connectivity index (χ4n) is 2.50. The Bertz CT molecular complexity index is 546. The van der Waals surface area contributed by atoms with Crippen molar-refractivity contribution in [2.75, 3.05) is 19.6 Å². The molecule has 2 aromatic rings. The molecule has 1 fully saturated rings. The molecule has 1 saturated heterocycles. The molecule has 2 heterocycles. The third kappa shape index (κ3) is 4.27. The summed E-state index contributed by atoms with van der Waals surface area (Å²) in [6.45, 7) is 6.02. The van der Waals surface area contributed by atoms with E-state index in [1.807, 2.05) is 18.2 Å². The summed E-state index contributed by atoms with van der Waals surface area (Å²) >= 11 is 0. The maximum absolute atomic E-state index is 5.36. The maximum Gasteiger partial charge on any atom is 0.240 e. The first-order valence-electron chi connectivity index (χ1n) is 7.11. The van der Waals surface area contributed by atoms with Gasteiger partial charge in [-0.2, -0.15) is 4.98 Å². The van der Waals surface area contributed by atoms with Gasteiger partial charge in [0.05, 0.1) is 6.54 Å². The van der Waals surface area contributed by atoms with E-state index in [2.05, 4.69) is 39.4 Å². The number of rotatable bonds is 4. The number of nitrogens with zero attached hydrogens (tertiary/aromatic N) is 3. The standard InChI is InChI=1S/C15H20N4O.ClH/c1-12-10-16-7-8-19(12)11-15-17-14(18-20-15)9-13-5-3-2-4-6-13;/h2-6,12,16H,7-11H2,1H3;1H. The van der Waals surface area contributed by atoms with Crippen molar-refractivity contribution in [2.24, 2.45) is 0 Å². The van der Waals surface area contributed by atoms with Crippen LogP contribution in [0.2, 0.25) is 0 Å². The lowest BCUT2D eigenvalue weighted by atomic mass is 10.1. The Morgan fingerprint density at radius 1 is 1.33 bits per heavy atom. The Morgan fingerprint density at radius 2 is 2.14 bits per heavy atom. The zero-order chi connectivity index (χ0) is 13.8. The molecule has 1 unspecified atom stereocenters. The fraction of sp³-hybridized carbons (Fsp3) is 0.467. The van der Waals surface area contributed by atoms with Crippen molar-refractivity contribution in [3.8, 4) is 0 Å². The zero-order valence-corrected chi connectivity index (χ0v) is 13.0. The van der Waals surface area contributed by atoms with E-state index in [4.69, 9.17) is 4.52 Å². The van der Waals surface area contributed by atoms with E-state index in [1.54, 1.807) is 0 Å². The van der Waals surface area contributed by atoms with Gasteiger partial charge in [0.25, 0.3) is 0 Å². The Morgan fingerprint density at radius 3 is 2.90 bits per heavy atom. The maximum atomic E-state index is 5.36. The Balaban J connectivity index is 0.00000161. The van der Waals surface area contributed by atoms with Crippen LogP contribution in [0.25, 0.3) is 0 Å². The van der Waals surface area contributed by atoms with Gasteiger partial charge in [0, 0.05) is 32.1 Å². The molecule has 3 rings (SSSR count). The van der Waals surface area contributed by atoms with Crippen LogP contribution in [0, 0.1) is 0 Å². The predicted octanol–water partition coefficient (Wildman–Crippen LogP) is 1.88. The van der Waals surface area contributed by atoms with E-state index in [0.29, 0.717) is 11.9 Å². The second-order valence-corrected chi connectivity index (χ2v) is 5.29. The minimum absolute atomic E-state index is 0. The van der Waals surface area contributed by atoms with Crippen molar-refractivity contribution in [3.63, 3.8) is 0 Å². The van der Waals surface area contributed by atoms with Gasteiger partial charge in [-0.3, -0.25) is 4.90 Å². The molecule has 0 radical (unpaired) electrons. The Labute approximate surface area is 131 Å². The van der Waals surface area contributed by atoms with Crippen molar-refractivity contribution in [1.29, 1.82) is 0 Å². The van der Waals surface area contributed by atoms with Crippen molar-refractivity contribution < 1.29 is 4.52 Å². The third-order valence-electron chi connectivity index (χ3n) is 3.69. The molecule has 1 aliphatic heterocycles. The number of halogens is 1. The number of aromatic nitrogens is 2. The van der Waals surface area contributed by atoms with Crippen molar-refractivity contribution in [2.45, 2.75) is 25.9 Å². The summed E-state index contributed by atoms with van der Waals surface area (Å²) in [4.78, 5) is 6.87. The average molecular weight is 309 g/mol. The molecule has 0 saturated carbocycles. The van der Waals surface area contributed by atoms with Gasteiger partial charge in [0.1, 0.15) is 0 Å². The molecule has 1 aliphatic rings. The summed E-state index contributed by atoms with van der Waals surface area (Å²) in [5, 5.41) is 7.45. The minimum atomic E-state index is 0. The third-order valence-corrected chi connectivity index (χ3v) is 3.69.